The van der Waals surface area contributed by atoms with Gasteiger partial charge in [0.1, 0.15) is 5.82 Å². The molecule has 8 nitrogen and oxygen atoms in total. The number of nitrogens with one attached hydrogen (secondary N) is 2. The van der Waals surface area contributed by atoms with E-state index < -0.39 is 5.69 Å². The highest BCUT2D eigenvalue weighted by molar-refractivity contribution is 5.88. The third-order valence-corrected chi connectivity index (χ3v) is 6.01. The van der Waals surface area contributed by atoms with E-state index in [0.29, 0.717) is 13.1 Å². The van der Waals surface area contributed by atoms with Gasteiger partial charge in [-0.3, -0.25) is 14.8 Å². The lowest BCUT2D eigenvalue weighted by molar-refractivity contribution is 0.204. The van der Waals surface area contributed by atoms with E-state index in [1.807, 2.05) is 12.1 Å². The first kappa shape index (κ1) is 20.6. The average molecular weight is 411 g/mol. The molecule has 2 aliphatic heterocycles. The molecule has 2 saturated heterocycles. The molecule has 2 fully saturated rings. The molecular formula is C22H30N6O2. The molecule has 0 bridgehead atoms. The molecule has 0 unspecified atom stereocenters. The van der Waals surface area contributed by atoms with Crippen LogP contribution in [-0.4, -0.2) is 64.7 Å². The summed E-state index contributed by atoms with van der Waals surface area (Å²) in [6.07, 6.45) is 4.19. The van der Waals surface area contributed by atoms with Crippen LogP contribution in [0.15, 0.2) is 41.3 Å². The highest BCUT2D eigenvalue weighted by Gasteiger charge is 2.20. The molecule has 2 aliphatic rings. The van der Waals surface area contributed by atoms with Crippen molar-refractivity contribution >= 4 is 11.8 Å². The molecule has 1 aromatic carbocycles. The van der Waals surface area contributed by atoms with E-state index in [1.165, 1.54) is 29.5 Å². The average Bonchev–Trinajstić information content (AvgIpc) is 3.23. The molecule has 160 valence electrons. The van der Waals surface area contributed by atoms with Crippen LogP contribution in [0.25, 0.3) is 5.69 Å². The largest absolute Gasteiger partial charge is 0.354 e. The Hall–Kier alpha value is -2.71. The molecule has 30 heavy (non-hydrogen) atoms. The number of nitrogens with zero attached hydrogens (tertiary/aromatic N) is 4. The summed E-state index contributed by atoms with van der Waals surface area (Å²) in [6, 6.07) is 9.47. The predicted octanol–water partition coefficient (Wildman–Crippen LogP) is 1.90. The molecule has 2 N–H and O–H groups in total. The number of hydrogen-bond acceptors (Lipinski definition) is 5. The number of hydrogen-bond donors (Lipinski definition) is 2. The Bertz CT molecular complexity index is 920. The number of likely N-dealkylation sites (tertiary alicyclic amines) is 1. The molecule has 1 aromatic heterocycles. The number of rotatable bonds is 5. The van der Waals surface area contributed by atoms with Crippen LogP contribution in [0.1, 0.15) is 25.3 Å². The van der Waals surface area contributed by atoms with E-state index in [4.69, 9.17) is 0 Å². The second kappa shape index (κ2) is 9.40. The topological polar surface area (TPSA) is 82.5 Å². The van der Waals surface area contributed by atoms with Crippen molar-refractivity contribution in [2.45, 2.75) is 26.3 Å². The summed E-state index contributed by atoms with van der Waals surface area (Å²) in [6.45, 7) is 8.37. The summed E-state index contributed by atoms with van der Waals surface area (Å²) < 4.78 is 1.49. The molecule has 4 rings (SSSR count). The fourth-order valence-corrected chi connectivity index (χ4v) is 4.14. The number of piperazine rings is 1. The Labute approximate surface area is 176 Å². The van der Waals surface area contributed by atoms with Gasteiger partial charge < -0.3 is 10.2 Å². The third kappa shape index (κ3) is 4.88. The van der Waals surface area contributed by atoms with Crippen LogP contribution in [0.2, 0.25) is 0 Å². The van der Waals surface area contributed by atoms with Gasteiger partial charge >= 0.3 is 11.7 Å². The highest BCUT2D eigenvalue weighted by atomic mass is 16.2. The van der Waals surface area contributed by atoms with Gasteiger partial charge in [-0.25, -0.2) is 9.59 Å². The number of urea groups is 1. The molecule has 3 heterocycles. The molecule has 0 radical (unpaired) electrons. The summed E-state index contributed by atoms with van der Waals surface area (Å²) in [7, 11) is 0. The van der Waals surface area contributed by atoms with Crippen molar-refractivity contribution in [3.63, 3.8) is 0 Å². The van der Waals surface area contributed by atoms with E-state index in [-0.39, 0.29) is 11.8 Å². The van der Waals surface area contributed by atoms with Gasteiger partial charge in [0.2, 0.25) is 0 Å². The highest BCUT2D eigenvalue weighted by Crippen LogP contribution is 2.21. The monoisotopic (exact) mass is 410 g/mol. The summed E-state index contributed by atoms with van der Waals surface area (Å²) >= 11 is 0. The SMILES string of the molecule is CC[C@@H]1CCN(Cc2ccc(-n3ccc(NC(=O)N4CCNCC4)nc3=O)cc2)C1. The number of carbonyl (C=O) groups excluding carboxylic acids is 1. The zero-order valence-electron chi connectivity index (χ0n) is 17.5. The number of anilines is 1. The van der Waals surface area contributed by atoms with Crippen LogP contribution in [0.5, 0.6) is 0 Å². The number of amides is 2. The summed E-state index contributed by atoms with van der Waals surface area (Å²) in [4.78, 5) is 33.0. The van der Waals surface area contributed by atoms with Crippen molar-refractivity contribution in [1.29, 1.82) is 0 Å². The Morgan fingerprint density at radius 2 is 1.93 bits per heavy atom. The molecule has 2 aromatic rings. The number of carbonyl (C=O) groups is 1. The van der Waals surface area contributed by atoms with Crippen molar-refractivity contribution in [3.8, 4) is 5.69 Å². The molecule has 0 spiro atoms. The Kier molecular flexibility index (Phi) is 6.44. The van der Waals surface area contributed by atoms with Crippen LogP contribution < -0.4 is 16.3 Å². The van der Waals surface area contributed by atoms with Gasteiger partial charge in [-0.15, -0.1) is 0 Å². The zero-order chi connectivity index (χ0) is 20.9. The maximum absolute atomic E-state index is 12.5. The van der Waals surface area contributed by atoms with Crippen LogP contribution in [0, 0.1) is 5.92 Å². The molecule has 1 atom stereocenters. The van der Waals surface area contributed by atoms with Gasteiger partial charge in [0.25, 0.3) is 0 Å². The van der Waals surface area contributed by atoms with Crippen LogP contribution in [0.4, 0.5) is 10.6 Å². The van der Waals surface area contributed by atoms with Crippen molar-refractivity contribution in [3.05, 3.63) is 52.6 Å². The third-order valence-electron chi connectivity index (χ3n) is 6.01. The van der Waals surface area contributed by atoms with Gasteiger partial charge in [0, 0.05) is 45.5 Å². The number of aromatic nitrogens is 2. The van der Waals surface area contributed by atoms with E-state index >= 15 is 0 Å². The molecule has 0 aliphatic carbocycles. The van der Waals surface area contributed by atoms with Gasteiger partial charge in [-0.05, 0) is 42.6 Å². The van der Waals surface area contributed by atoms with Crippen molar-refractivity contribution in [2.24, 2.45) is 5.92 Å². The van der Waals surface area contributed by atoms with Gasteiger partial charge in [0.05, 0.1) is 5.69 Å². The summed E-state index contributed by atoms with van der Waals surface area (Å²) in [5, 5.41) is 5.92. The molecular weight excluding hydrogens is 380 g/mol. The van der Waals surface area contributed by atoms with Crippen LogP contribution in [-0.2, 0) is 6.54 Å². The minimum Gasteiger partial charge on any atom is -0.322 e. The first-order valence-electron chi connectivity index (χ1n) is 10.8. The van der Waals surface area contributed by atoms with Crippen LogP contribution in [0.3, 0.4) is 0 Å². The van der Waals surface area contributed by atoms with Crippen molar-refractivity contribution < 1.29 is 4.79 Å². The quantitative estimate of drug-likeness (QED) is 0.787. The van der Waals surface area contributed by atoms with Crippen molar-refractivity contribution in [2.75, 3.05) is 44.6 Å². The molecule has 8 heteroatoms. The number of benzene rings is 1. The maximum Gasteiger partial charge on any atom is 0.354 e. The lowest BCUT2D eigenvalue weighted by atomic mass is 10.1. The minimum atomic E-state index is -0.411. The first-order chi connectivity index (χ1) is 14.6. The Balaban J connectivity index is 1.39. The standard InChI is InChI=1S/C22H30N6O2/c1-2-17-7-11-26(15-17)16-18-3-5-19(6-4-18)28-12-8-20(25-22(28)30)24-21(29)27-13-9-23-10-14-27/h3-6,8,12,17,23H,2,7,9-11,13-16H2,1H3,(H,24,25,29,30)/t17-/m1/s1. The second-order valence-corrected chi connectivity index (χ2v) is 8.10. The van der Waals surface area contributed by atoms with E-state index in [1.54, 1.807) is 17.2 Å². The Morgan fingerprint density at radius 3 is 2.60 bits per heavy atom. The molecule has 2 amide bonds. The smallest absolute Gasteiger partial charge is 0.322 e. The van der Waals surface area contributed by atoms with Gasteiger partial charge in [-0.1, -0.05) is 25.5 Å². The normalized spacial score (nSPS) is 19.8. The van der Waals surface area contributed by atoms with E-state index in [0.717, 1.165) is 37.8 Å². The van der Waals surface area contributed by atoms with E-state index in [9.17, 15) is 9.59 Å². The van der Waals surface area contributed by atoms with Crippen LogP contribution >= 0.6 is 0 Å². The fourth-order valence-electron chi connectivity index (χ4n) is 4.14. The zero-order valence-corrected chi connectivity index (χ0v) is 17.5. The van der Waals surface area contributed by atoms with Gasteiger partial charge in [0.15, 0.2) is 0 Å². The van der Waals surface area contributed by atoms with Gasteiger partial charge in [-0.2, -0.15) is 4.98 Å². The van der Waals surface area contributed by atoms with E-state index in [2.05, 4.69) is 39.6 Å². The second-order valence-electron chi connectivity index (χ2n) is 8.10. The molecule has 0 saturated carbocycles. The maximum atomic E-state index is 12.5. The minimum absolute atomic E-state index is 0.224. The van der Waals surface area contributed by atoms with Crippen molar-refractivity contribution in [1.82, 2.24) is 24.7 Å². The predicted molar refractivity (Wildman–Crippen MR) is 117 cm³/mol. The lowest BCUT2D eigenvalue weighted by Crippen LogP contribution is -2.48. The summed E-state index contributed by atoms with van der Waals surface area (Å²) in [5.74, 6) is 1.09. The first-order valence-corrected chi connectivity index (χ1v) is 10.8. The summed E-state index contributed by atoms with van der Waals surface area (Å²) in [5.41, 5.74) is 1.60. The lowest BCUT2D eigenvalue weighted by Gasteiger charge is -2.27. The fraction of sp³-hybridized carbons (Fsp3) is 0.500. The Morgan fingerprint density at radius 1 is 1.17 bits per heavy atom.